The molecule has 0 amide bonds. The van der Waals surface area contributed by atoms with E-state index in [4.69, 9.17) is 0 Å². The van der Waals surface area contributed by atoms with Gasteiger partial charge in [-0.25, -0.2) is 0 Å². The molecule has 0 spiro atoms. The van der Waals surface area contributed by atoms with Crippen LogP contribution in [0.15, 0.2) is 83.9 Å². The number of rotatable bonds is 7. The van der Waals surface area contributed by atoms with E-state index in [9.17, 15) is 0 Å². The zero-order valence-corrected chi connectivity index (χ0v) is 43.4. The van der Waals surface area contributed by atoms with Crippen LogP contribution in [-0.2, 0) is 28.2 Å². The predicted octanol–water partition coefficient (Wildman–Crippen LogP) is 15.8. The van der Waals surface area contributed by atoms with E-state index in [-0.39, 0.29) is 24.8 Å². The molecule has 4 aromatic carbocycles. The maximum absolute atomic E-state index is 3.73. The van der Waals surface area contributed by atoms with E-state index in [0.717, 1.165) is 41.9 Å². The van der Waals surface area contributed by atoms with Crippen molar-refractivity contribution in [2.75, 3.05) is 0 Å². The Kier molecular flexibility index (Phi) is 10.4. The molecule has 4 heteroatoms. The minimum atomic E-state index is -3.73. The molecule has 0 heterocycles. The Morgan fingerprint density at radius 1 is 0.525 bits per heavy atom. The second kappa shape index (κ2) is 14.8. The molecule has 0 aromatic heterocycles. The first-order chi connectivity index (χ1) is 28.3. The Hall–Kier alpha value is -1.96. The molecule has 0 N–H and O–H groups in total. The van der Waals surface area contributed by atoms with Gasteiger partial charge < -0.3 is 0 Å². The first kappa shape index (κ1) is 43.0. The molecule has 4 aromatic rings. The van der Waals surface area contributed by atoms with Crippen LogP contribution in [-0.4, -0.2) is 6.88 Å². The zero-order chi connectivity index (χ0) is 40.2. The van der Waals surface area contributed by atoms with Crippen molar-refractivity contribution < 1.29 is 17.4 Å². The van der Waals surface area contributed by atoms with Crippen molar-refractivity contribution in [2.24, 2.45) is 35.5 Å². The van der Waals surface area contributed by atoms with Gasteiger partial charge in [0.05, 0.1) is 0 Å². The minimum absolute atomic E-state index is 0. The number of hydrogen-bond donors (Lipinski definition) is 0. The molecule has 14 rings (SSSR count). The Morgan fingerprint density at radius 3 is 1.26 bits per heavy atom. The third-order valence-electron chi connectivity index (χ3n) is 18.9. The Labute approximate surface area is 382 Å². The van der Waals surface area contributed by atoms with Gasteiger partial charge in [0.1, 0.15) is 0 Å². The summed E-state index contributed by atoms with van der Waals surface area (Å²) < 4.78 is 6.75. The summed E-state index contributed by atoms with van der Waals surface area (Å²) in [5.41, 5.74) is 22.4. The van der Waals surface area contributed by atoms with Gasteiger partial charge in [0.2, 0.25) is 0 Å². The average molecular weight is 945 g/mol. The number of allylic oxidation sites excluding steroid dienone is 2. The largest absolute Gasteiger partial charge is 0.147 e. The van der Waals surface area contributed by atoms with Gasteiger partial charge in [-0.05, 0) is 0 Å². The molecule has 8 bridgehead atoms. The van der Waals surface area contributed by atoms with Crippen molar-refractivity contribution in [3.8, 4) is 22.3 Å². The summed E-state index contributed by atoms with van der Waals surface area (Å²) in [7, 11) is 0. The summed E-state index contributed by atoms with van der Waals surface area (Å²) in [6.45, 7) is 12.2. The smallest absolute Gasteiger partial charge is 0.147 e. The predicted molar refractivity (Wildman–Crippen MR) is 265 cm³/mol. The van der Waals surface area contributed by atoms with E-state index in [1.165, 1.54) is 122 Å². The molecule has 10 aliphatic rings. The molecule has 61 heavy (non-hydrogen) atoms. The maximum atomic E-state index is 2.84. The van der Waals surface area contributed by atoms with Crippen LogP contribution in [0.25, 0.3) is 34.4 Å². The van der Waals surface area contributed by atoms with E-state index >= 15 is 0 Å². The molecule has 8 saturated carbocycles. The molecule has 2 atom stereocenters. The van der Waals surface area contributed by atoms with Gasteiger partial charge in [0, 0.05) is 0 Å². The molecule has 8 fully saturated rings. The summed E-state index contributed by atoms with van der Waals surface area (Å²) in [4.78, 5) is 0. The van der Waals surface area contributed by atoms with Crippen LogP contribution in [0.5, 0.6) is 0 Å². The van der Waals surface area contributed by atoms with E-state index < -0.39 is 17.4 Å². The maximum Gasteiger partial charge on any atom is -0.147 e. The van der Waals surface area contributed by atoms with Crippen LogP contribution in [0, 0.1) is 49.4 Å². The van der Waals surface area contributed by atoms with Crippen molar-refractivity contribution in [3.05, 3.63) is 128 Å². The Bertz CT molecular complexity index is 2490. The summed E-state index contributed by atoms with van der Waals surface area (Å²) >= 11 is -3.73. The first-order valence-corrected chi connectivity index (χ1v) is 37.9. The number of halogens is 2. The van der Waals surface area contributed by atoms with Crippen LogP contribution in [0.1, 0.15) is 149 Å². The fourth-order valence-electron chi connectivity index (χ4n) is 17.7. The fourth-order valence-corrected chi connectivity index (χ4v) is 38.4. The van der Waals surface area contributed by atoms with Gasteiger partial charge >= 0.3 is 361 Å². The van der Waals surface area contributed by atoms with E-state index in [2.05, 4.69) is 129 Å². The van der Waals surface area contributed by atoms with Crippen LogP contribution in [0.4, 0.5) is 0 Å². The molecule has 0 nitrogen and oxygen atoms in total. The third kappa shape index (κ3) is 6.61. The minimum Gasteiger partial charge on any atom is -0.147 e. The number of aryl methyl sites for hydroxylation is 2. The second-order valence-electron chi connectivity index (χ2n) is 23.9. The molecule has 0 aliphatic heterocycles. The van der Waals surface area contributed by atoms with Gasteiger partial charge in [0.15, 0.2) is 0 Å². The first-order valence-electron chi connectivity index (χ1n) is 24.2. The second-order valence-corrected chi connectivity index (χ2v) is 54.4. The topological polar surface area (TPSA) is 0 Å². The molecular formula is C57H70Cl2SiZr. The van der Waals surface area contributed by atoms with E-state index in [1.54, 1.807) is 33.4 Å². The quantitative estimate of drug-likeness (QED) is 0.162. The van der Waals surface area contributed by atoms with Gasteiger partial charge in [-0.3, -0.25) is 0 Å². The molecule has 320 valence electrons. The summed E-state index contributed by atoms with van der Waals surface area (Å²) in [5, 5.41) is 0. The monoisotopic (exact) mass is 942 g/mol. The summed E-state index contributed by atoms with van der Waals surface area (Å²) in [5.74, 6) is 5.89. The van der Waals surface area contributed by atoms with Gasteiger partial charge in [0.25, 0.3) is 0 Å². The van der Waals surface area contributed by atoms with Crippen molar-refractivity contribution in [1.29, 1.82) is 0 Å². The van der Waals surface area contributed by atoms with Gasteiger partial charge in [-0.15, -0.1) is 24.8 Å². The third-order valence-corrected chi connectivity index (χ3v) is 36.6. The molecule has 0 saturated heterocycles. The number of fused-ring (bicyclic) bond motifs is 2. The number of benzene rings is 4. The van der Waals surface area contributed by atoms with E-state index in [0.29, 0.717) is 18.1 Å². The molecule has 0 radical (unpaired) electrons. The van der Waals surface area contributed by atoms with Crippen molar-refractivity contribution in [3.63, 3.8) is 0 Å². The Morgan fingerprint density at radius 2 is 0.885 bits per heavy atom. The van der Waals surface area contributed by atoms with Crippen LogP contribution >= 0.6 is 24.8 Å². The van der Waals surface area contributed by atoms with Crippen molar-refractivity contribution in [2.45, 2.75) is 139 Å². The normalized spacial score (nSPS) is 33.8. The average Bonchev–Trinajstić information content (AvgIpc) is 3.74. The summed E-state index contributed by atoms with van der Waals surface area (Å²) in [6.07, 6.45) is 24.1. The standard InChI is InChI=1S/C28H31.C27H29.2CH3.2ClH.H2Si.Zr/c1-3-19-13-24-8-18(2)9-26(27(24)14-19)23-4-6-25(7-5-23)28-15-20-10-21(16-28)12-22(11-20)17-28;1-17-7-23-8-18(2)10-26(23)25(9-17)22-3-5-24(6-4-22)27-14-19-11-20(15-27)13-21(12-19)16-27;;;;;;/h4-9,13-14,20-22H,3,10-12,15-17H2,1-2H3;3-10,19-21H,11-16H2,1-2H3;2*1H3;2*1H;1H2;. The van der Waals surface area contributed by atoms with Crippen molar-refractivity contribution in [1.82, 2.24) is 0 Å². The van der Waals surface area contributed by atoms with Crippen LogP contribution < -0.4 is 0 Å². The van der Waals surface area contributed by atoms with Gasteiger partial charge in [-0.1, -0.05) is 0 Å². The van der Waals surface area contributed by atoms with E-state index in [1.807, 2.05) is 0 Å². The molecule has 2 unspecified atom stereocenters. The van der Waals surface area contributed by atoms with Crippen molar-refractivity contribution >= 4 is 43.8 Å². The summed E-state index contributed by atoms with van der Waals surface area (Å²) in [6, 6.07) is 30.6. The van der Waals surface area contributed by atoms with Crippen LogP contribution in [0.2, 0.25) is 9.26 Å². The molecular weight excluding hydrogens is 875 g/mol. The van der Waals surface area contributed by atoms with Gasteiger partial charge in [-0.2, -0.15) is 0 Å². The SMILES string of the molecule is CCC1=Cc2c(-c3ccc(C45CC6CC(CC(C6)C4)C5)cc3)cc(C)cc2[CH]1[Zr]([CH3])([CH3])(=[SiH2])[CH]1C(C)=Cc2c(-c3ccc(C45CC6CC(CC(C6)C4)C5)cc3)cc(C)cc21.Cl.Cl. The van der Waals surface area contributed by atoms with Crippen LogP contribution in [0.3, 0.4) is 0 Å². The fraction of sp³-hybridized carbons (Fsp3) is 0.509. The molecule has 10 aliphatic carbocycles. The number of hydrogen-bond acceptors (Lipinski definition) is 0. The zero-order valence-electron chi connectivity index (χ0n) is 37.9. The Balaban J connectivity index is 0.00000223.